The van der Waals surface area contributed by atoms with Crippen molar-refractivity contribution in [1.29, 1.82) is 0 Å². The molecule has 2 heterocycles. The van der Waals surface area contributed by atoms with E-state index in [1.54, 1.807) is 12.1 Å². The second kappa shape index (κ2) is 6.70. The number of halogens is 1. The first-order chi connectivity index (χ1) is 11.1. The molecule has 0 aliphatic heterocycles. The van der Waals surface area contributed by atoms with E-state index in [-0.39, 0.29) is 5.82 Å². The number of amides is 1. The number of anilines is 1. The number of thiophene rings is 1. The Hall–Kier alpha value is -2.54. The third-order valence-electron chi connectivity index (χ3n) is 3.58. The molecule has 0 bridgehead atoms. The lowest BCUT2D eigenvalue weighted by atomic mass is 9.98. The number of nitrogens with one attached hydrogen (secondary N) is 1. The van der Waals surface area contributed by atoms with E-state index in [2.05, 4.69) is 15.3 Å². The molecule has 0 saturated carbocycles. The van der Waals surface area contributed by atoms with Crippen LogP contribution < -0.4 is 11.1 Å². The number of nitrogens with zero attached hydrogens (tertiary/aromatic N) is 2. The summed E-state index contributed by atoms with van der Waals surface area (Å²) in [4.78, 5) is 21.0. The number of carbonyl (C=O) groups is 1. The van der Waals surface area contributed by atoms with Crippen molar-refractivity contribution < 1.29 is 9.18 Å². The van der Waals surface area contributed by atoms with Crippen molar-refractivity contribution >= 4 is 33.3 Å². The fourth-order valence-electron chi connectivity index (χ4n) is 2.33. The summed E-state index contributed by atoms with van der Waals surface area (Å²) in [6, 6.07) is 8.00. The third kappa shape index (κ3) is 3.62. The highest BCUT2D eigenvalue weighted by Crippen LogP contribution is 2.24. The molecule has 3 aromatic rings. The second-order valence-electron chi connectivity index (χ2n) is 5.17. The Bertz CT molecular complexity index is 818. The van der Waals surface area contributed by atoms with Gasteiger partial charge in [-0.2, -0.15) is 0 Å². The molecule has 1 unspecified atom stereocenters. The van der Waals surface area contributed by atoms with Crippen LogP contribution >= 0.6 is 11.3 Å². The van der Waals surface area contributed by atoms with Gasteiger partial charge in [0.15, 0.2) is 0 Å². The van der Waals surface area contributed by atoms with Crippen LogP contribution in [0.5, 0.6) is 0 Å². The molecular weight excluding hydrogens is 315 g/mol. The monoisotopic (exact) mass is 330 g/mol. The molecule has 118 valence electrons. The summed E-state index contributed by atoms with van der Waals surface area (Å²) in [5.41, 5.74) is 6.35. The number of benzene rings is 1. The molecule has 5 nitrogen and oxygen atoms in total. The molecule has 0 spiro atoms. The minimum Gasteiger partial charge on any atom is -0.369 e. The molecule has 1 amide bonds. The number of carbonyl (C=O) groups excluding carboxylic acids is 1. The Balaban J connectivity index is 1.71. The number of hydrogen-bond donors (Lipinski definition) is 2. The van der Waals surface area contributed by atoms with Crippen molar-refractivity contribution in [2.75, 3.05) is 11.9 Å². The van der Waals surface area contributed by atoms with Crippen LogP contribution in [0.4, 0.5) is 10.2 Å². The summed E-state index contributed by atoms with van der Waals surface area (Å²) in [6.45, 7) is 0.356. The van der Waals surface area contributed by atoms with Crippen LogP contribution in [-0.4, -0.2) is 22.4 Å². The zero-order valence-corrected chi connectivity index (χ0v) is 13.0. The van der Waals surface area contributed by atoms with Gasteiger partial charge in [-0.3, -0.25) is 4.79 Å². The highest BCUT2D eigenvalue weighted by atomic mass is 32.1. The summed E-state index contributed by atoms with van der Waals surface area (Å²) in [5.74, 6) is -0.438. The van der Waals surface area contributed by atoms with Gasteiger partial charge in [0.05, 0.1) is 11.3 Å². The molecule has 7 heteroatoms. The van der Waals surface area contributed by atoms with Gasteiger partial charge in [0.25, 0.3) is 0 Å². The largest absolute Gasteiger partial charge is 0.369 e. The average Bonchev–Trinajstić information content (AvgIpc) is 3.02. The number of rotatable bonds is 6. The van der Waals surface area contributed by atoms with Crippen LogP contribution in [0, 0.1) is 11.7 Å². The van der Waals surface area contributed by atoms with Crippen molar-refractivity contribution in [3.63, 3.8) is 0 Å². The van der Waals surface area contributed by atoms with E-state index in [0.717, 1.165) is 15.8 Å². The minimum absolute atomic E-state index is 0.302. The van der Waals surface area contributed by atoms with E-state index in [9.17, 15) is 9.18 Å². The van der Waals surface area contributed by atoms with Gasteiger partial charge in [-0.05, 0) is 35.6 Å². The molecule has 3 rings (SSSR count). The van der Waals surface area contributed by atoms with Crippen molar-refractivity contribution in [3.8, 4) is 0 Å². The molecule has 3 N–H and O–H groups in total. The quantitative estimate of drug-likeness (QED) is 0.728. The fourth-order valence-corrected chi connectivity index (χ4v) is 3.06. The minimum atomic E-state index is -0.413. The van der Waals surface area contributed by atoms with Crippen LogP contribution in [-0.2, 0) is 11.2 Å². The van der Waals surface area contributed by atoms with Gasteiger partial charge in [-0.15, -0.1) is 11.3 Å². The van der Waals surface area contributed by atoms with Crippen molar-refractivity contribution in [2.24, 2.45) is 11.7 Å². The smallest absolute Gasteiger partial charge is 0.222 e. The van der Waals surface area contributed by atoms with E-state index in [4.69, 9.17) is 5.73 Å². The lowest BCUT2D eigenvalue weighted by Gasteiger charge is -2.15. The Morgan fingerprint density at radius 2 is 2.04 bits per heavy atom. The maximum Gasteiger partial charge on any atom is 0.222 e. The topological polar surface area (TPSA) is 80.9 Å². The van der Waals surface area contributed by atoms with E-state index in [1.165, 1.54) is 29.8 Å². The van der Waals surface area contributed by atoms with E-state index < -0.39 is 11.8 Å². The van der Waals surface area contributed by atoms with Gasteiger partial charge in [-0.1, -0.05) is 12.1 Å². The molecule has 23 heavy (non-hydrogen) atoms. The zero-order valence-electron chi connectivity index (χ0n) is 12.2. The van der Waals surface area contributed by atoms with Gasteiger partial charge in [-0.25, -0.2) is 14.4 Å². The highest BCUT2D eigenvalue weighted by molar-refractivity contribution is 7.16. The number of nitrogens with two attached hydrogens (primary N) is 1. The van der Waals surface area contributed by atoms with Crippen molar-refractivity contribution in [3.05, 3.63) is 53.4 Å². The lowest BCUT2D eigenvalue weighted by molar-refractivity contribution is -0.121. The summed E-state index contributed by atoms with van der Waals surface area (Å²) in [5, 5.41) is 6.03. The van der Waals surface area contributed by atoms with E-state index in [0.29, 0.717) is 18.8 Å². The van der Waals surface area contributed by atoms with Gasteiger partial charge < -0.3 is 11.1 Å². The highest BCUT2D eigenvalue weighted by Gasteiger charge is 2.17. The molecule has 0 aliphatic rings. The first-order valence-electron chi connectivity index (χ1n) is 7.09. The first kappa shape index (κ1) is 15.4. The van der Waals surface area contributed by atoms with Gasteiger partial charge in [0.1, 0.15) is 22.8 Å². The molecule has 1 atom stereocenters. The standard InChI is InChI=1S/C16H15FN4OS/c17-12-3-1-10(2-4-12)7-11(14(18)22)8-19-15-13-5-6-23-16(13)21-9-20-15/h1-6,9,11H,7-8H2,(H2,18,22)(H,19,20,21). The predicted molar refractivity (Wildman–Crippen MR) is 88.7 cm³/mol. The Morgan fingerprint density at radius 1 is 1.26 bits per heavy atom. The van der Waals surface area contributed by atoms with Crippen LogP contribution in [0.2, 0.25) is 0 Å². The lowest BCUT2D eigenvalue weighted by Crippen LogP contribution is -2.31. The molecule has 0 radical (unpaired) electrons. The molecule has 0 saturated heterocycles. The summed E-state index contributed by atoms with van der Waals surface area (Å²) in [6.07, 6.45) is 1.93. The van der Waals surface area contributed by atoms with Gasteiger partial charge in [0, 0.05) is 6.54 Å². The van der Waals surface area contributed by atoms with Gasteiger partial charge in [0.2, 0.25) is 5.91 Å². The summed E-state index contributed by atoms with van der Waals surface area (Å²) < 4.78 is 13.0. The zero-order chi connectivity index (χ0) is 16.2. The maximum atomic E-state index is 13.0. The van der Waals surface area contributed by atoms with Crippen LogP contribution in [0.25, 0.3) is 10.2 Å². The maximum absolute atomic E-state index is 13.0. The van der Waals surface area contributed by atoms with Crippen molar-refractivity contribution in [2.45, 2.75) is 6.42 Å². The number of fused-ring (bicyclic) bond motifs is 1. The molecule has 0 aliphatic carbocycles. The molecular formula is C16H15FN4OS. The Labute approximate surface area is 136 Å². The van der Waals surface area contributed by atoms with Crippen LogP contribution in [0.15, 0.2) is 42.0 Å². The number of primary amides is 1. The first-order valence-corrected chi connectivity index (χ1v) is 7.97. The molecule has 2 aromatic heterocycles. The predicted octanol–water partition coefficient (Wildman–Crippen LogP) is 2.59. The molecule has 1 aromatic carbocycles. The fraction of sp³-hybridized carbons (Fsp3) is 0.188. The Kier molecular flexibility index (Phi) is 4.47. The normalized spacial score (nSPS) is 12.2. The Morgan fingerprint density at radius 3 is 2.78 bits per heavy atom. The summed E-state index contributed by atoms with van der Waals surface area (Å²) in [7, 11) is 0. The third-order valence-corrected chi connectivity index (χ3v) is 4.40. The average molecular weight is 330 g/mol. The summed E-state index contributed by atoms with van der Waals surface area (Å²) >= 11 is 1.53. The number of aromatic nitrogens is 2. The van der Waals surface area contributed by atoms with Crippen LogP contribution in [0.3, 0.4) is 0 Å². The van der Waals surface area contributed by atoms with Gasteiger partial charge >= 0.3 is 0 Å². The van der Waals surface area contributed by atoms with Crippen LogP contribution in [0.1, 0.15) is 5.56 Å². The van der Waals surface area contributed by atoms with E-state index in [1.807, 2.05) is 11.4 Å². The SMILES string of the molecule is NC(=O)C(CNc1ncnc2sccc12)Cc1ccc(F)cc1. The second-order valence-corrected chi connectivity index (χ2v) is 6.07. The van der Waals surface area contributed by atoms with Crippen molar-refractivity contribution in [1.82, 2.24) is 9.97 Å². The molecule has 0 fully saturated rings. The van der Waals surface area contributed by atoms with E-state index >= 15 is 0 Å². The number of hydrogen-bond acceptors (Lipinski definition) is 5.